The summed E-state index contributed by atoms with van der Waals surface area (Å²) in [6.07, 6.45) is 1.66. The second kappa shape index (κ2) is 7.38. The summed E-state index contributed by atoms with van der Waals surface area (Å²) in [5, 5.41) is 8.05. The maximum absolute atomic E-state index is 12.2. The van der Waals surface area contributed by atoms with Crippen LogP contribution < -0.4 is 10.1 Å². The molecule has 5 nitrogen and oxygen atoms in total. The molecule has 0 fully saturated rings. The van der Waals surface area contributed by atoms with E-state index in [4.69, 9.17) is 27.9 Å². The number of hydrogen-bond donors (Lipinski definition) is 1. The second-order valence-electron chi connectivity index (χ2n) is 4.91. The Morgan fingerprint density at radius 2 is 1.83 bits per heavy atom. The molecule has 1 aromatic heterocycles. The standard InChI is InChI=1S/C17H13Cl2N3O2/c18-12-5-7-13(8-6-12)20-17(23)15-9-10-22(21-15)11-24-16-4-2-1-3-14(16)19/h1-10H,11H2,(H,20,23). The largest absolute Gasteiger partial charge is 0.470 e. The van der Waals surface area contributed by atoms with Crippen molar-refractivity contribution in [3.05, 3.63) is 76.5 Å². The predicted octanol–water partition coefficient (Wildman–Crippen LogP) is 4.48. The monoisotopic (exact) mass is 361 g/mol. The van der Waals surface area contributed by atoms with Crippen LogP contribution in [-0.2, 0) is 6.73 Å². The first-order valence-corrected chi connectivity index (χ1v) is 7.85. The third-order valence-electron chi connectivity index (χ3n) is 3.16. The van der Waals surface area contributed by atoms with Gasteiger partial charge in [-0.1, -0.05) is 35.3 Å². The Morgan fingerprint density at radius 1 is 1.08 bits per heavy atom. The number of para-hydroxylation sites is 1. The highest BCUT2D eigenvalue weighted by Crippen LogP contribution is 2.23. The molecule has 122 valence electrons. The number of ether oxygens (including phenoxy) is 1. The summed E-state index contributed by atoms with van der Waals surface area (Å²) in [4.78, 5) is 12.2. The van der Waals surface area contributed by atoms with Crippen LogP contribution in [0.4, 0.5) is 5.69 Å². The average Bonchev–Trinajstić information content (AvgIpc) is 3.05. The number of rotatable bonds is 5. The highest BCUT2D eigenvalue weighted by atomic mass is 35.5. The molecule has 1 amide bonds. The average molecular weight is 362 g/mol. The highest BCUT2D eigenvalue weighted by Gasteiger charge is 2.10. The van der Waals surface area contributed by atoms with E-state index in [9.17, 15) is 4.79 Å². The molecule has 0 atom stereocenters. The fourth-order valence-electron chi connectivity index (χ4n) is 1.98. The third-order valence-corrected chi connectivity index (χ3v) is 3.73. The van der Waals surface area contributed by atoms with Gasteiger partial charge in [0.15, 0.2) is 12.4 Å². The van der Waals surface area contributed by atoms with E-state index >= 15 is 0 Å². The molecule has 7 heteroatoms. The van der Waals surface area contributed by atoms with Crippen molar-refractivity contribution in [1.29, 1.82) is 0 Å². The van der Waals surface area contributed by atoms with Gasteiger partial charge in [-0.15, -0.1) is 0 Å². The van der Waals surface area contributed by atoms with Gasteiger partial charge in [0.1, 0.15) is 5.75 Å². The number of amides is 1. The normalized spacial score (nSPS) is 10.4. The molecule has 0 unspecified atom stereocenters. The van der Waals surface area contributed by atoms with Crippen molar-refractivity contribution < 1.29 is 9.53 Å². The van der Waals surface area contributed by atoms with E-state index in [0.29, 0.717) is 21.5 Å². The number of nitrogens with one attached hydrogen (secondary N) is 1. The van der Waals surface area contributed by atoms with Gasteiger partial charge in [-0.2, -0.15) is 5.10 Å². The van der Waals surface area contributed by atoms with Crippen molar-refractivity contribution in [3.63, 3.8) is 0 Å². The van der Waals surface area contributed by atoms with E-state index in [-0.39, 0.29) is 18.3 Å². The molecule has 1 heterocycles. The second-order valence-corrected chi connectivity index (χ2v) is 5.75. The molecule has 0 aliphatic rings. The van der Waals surface area contributed by atoms with E-state index in [1.54, 1.807) is 48.7 Å². The lowest BCUT2D eigenvalue weighted by Crippen LogP contribution is -2.14. The molecule has 2 aromatic carbocycles. The van der Waals surface area contributed by atoms with Crippen LogP contribution in [0.2, 0.25) is 10.0 Å². The summed E-state index contributed by atoms with van der Waals surface area (Å²) in [5.74, 6) is 0.246. The molecule has 3 rings (SSSR count). The quantitative estimate of drug-likeness (QED) is 0.728. The van der Waals surface area contributed by atoms with Crippen molar-refractivity contribution in [2.45, 2.75) is 6.73 Å². The topological polar surface area (TPSA) is 56.2 Å². The Hall–Kier alpha value is -2.50. The summed E-state index contributed by atoms with van der Waals surface area (Å²) in [7, 11) is 0. The predicted molar refractivity (Wildman–Crippen MR) is 93.7 cm³/mol. The minimum Gasteiger partial charge on any atom is -0.470 e. The smallest absolute Gasteiger partial charge is 0.276 e. The fourth-order valence-corrected chi connectivity index (χ4v) is 2.30. The Morgan fingerprint density at radius 3 is 2.58 bits per heavy atom. The highest BCUT2D eigenvalue weighted by molar-refractivity contribution is 6.32. The van der Waals surface area contributed by atoms with Gasteiger partial charge >= 0.3 is 0 Å². The van der Waals surface area contributed by atoms with Crippen molar-refractivity contribution >= 4 is 34.8 Å². The number of benzene rings is 2. The Bertz CT molecular complexity index is 847. The molecule has 24 heavy (non-hydrogen) atoms. The molecule has 0 radical (unpaired) electrons. The number of carbonyl (C=O) groups is 1. The van der Waals surface area contributed by atoms with Crippen LogP contribution in [0.5, 0.6) is 5.75 Å². The molecule has 0 aliphatic carbocycles. The van der Waals surface area contributed by atoms with Gasteiger partial charge in [0.25, 0.3) is 5.91 Å². The number of hydrogen-bond acceptors (Lipinski definition) is 3. The minimum absolute atomic E-state index is 0.151. The Balaban J connectivity index is 1.61. The lowest BCUT2D eigenvalue weighted by atomic mass is 10.3. The van der Waals surface area contributed by atoms with Crippen molar-refractivity contribution in [1.82, 2.24) is 9.78 Å². The van der Waals surface area contributed by atoms with E-state index in [2.05, 4.69) is 10.4 Å². The first kappa shape index (κ1) is 16.4. The summed E-state index contributed by atoms with van der Waals surface area (Å²) >= 11 is 11.8. The summed E-state index contributed by atoms with van der Waals surface area (Å²) in [6, 6.07) is 15.6. The number of halogens is 2. The van der Waals surface area contributed by atoms with Gasteiger partial charge in [-0.05, 0) is 42.5 Å². The Labute approximate surface area is 148 Å². The molecule has 0 bridgehead atoms. The summed E-state index contributed by atoms with van der Waals surface area (Å²) < 4.78 is 7.08. The fraction of sp³-hybridized carbons (Fsp3) is 0.0588. The van der Waals surface area contributed by atoms with Crippen LogP contribution in [0, 0.1) is 0 Å². The van der Waals surface area contributed by atoms with Crippen LogP contribution in [0.1, 0.15) is 10.5 Å². The van der Waals surface area contributed by atoms with Crippen molar-refractivity contribution in [2.75, 3.05) is 5.32 Å². The third kappa shape index (κ3) is 4.07. The number of carbonyl (C=O) groups excluding carboxylic acids is 1. The van der Waals surface area contributed by atoms with Crippen LogP contribution in [0.3, 0.4) is 0 Å². The summed E-state index contributed by atoms with van der Waals surface area (Å²) in [6.45, 7) is 0.151. The SMILES string of the molecule is O=C(Nc1ccc(Cl)cc1)c1ccn(COc2ccccc2Cl)n1. The maximum atomic E-state index is 12.2. The molecule has 0 saturated carbocycles. The van der Waals surface area contributed by atoms with E-state index in [0.717, 1.165) is 0 Å². The zero-order chi connectivity index (χ0) is 16.9. The van der Waals surface area contributed by atoms with E-state index in [1.165, 1.54) is 4.68 Å². The first-order valence-electron chi connectivity index (χ1n) is 7.09. The maximum Gasteiger partial charge on any atom is 0.276 e. The van der Waals surface area contributed by atoms with Crippen LogP contribution in [0.15, 0.2) is 60.8 Å². The first-order chi connectivity index (χ1) is 11.6. The van der Waals surface area contributed by atoms with E-state index in [1.807, 2.05) is 12.1 Å². The lowest BCUT2D eigenvalue weighted by molar-refractivity contribution is 0.102. The molecular formula is C17H13Cl2N3O2. The molecular weight excluding hydrogens is 349 g/mol. The van der Waals surface area contributed by atoms with Gasteiger partial charge in [-0.3, -0.25) is 4.79 Å². The van der Waals surface area contributed by atoms with Gasteiger partial charge in [-0.25, -0.2) is 4.68 Å². The van der Waals surface area contributed by atoms with Crippen molar-refractivity contribution in [3.8, 4) is 5.75 Å². The number of anilines is 1. The van der Waals surface area contributed by atoms with Crippen molar-refractivity contribution in [2.24, 2.45) is 0 Å². The van der Waals surface area contributed by atoms with Crippen LogP contribution in [0.25, 0.3) is 0 Å². The molecule has 0 aliphatic heterocycles. The zero-order valence-electron chi connectivity index (χ0n) is 12.4. The van der Waals surface area contributed by atoms with Gasteiger partial charge in [0, 0.05) is 16.9 Å². The Kier molecular flexibility index (Phi) is 5.03. The van der Waals surface area contributed by atoms with Gasteiger partial charge < -0.3 is 10.1 Å². The zero-order valence-corrected chi connectivity index (χ0v) is 14.0. The van der Waals surface area contributed by atoms with Gasteiger partial charge in [0.2, 0.25) is 0 Å². The van der Waals surface area contributed by atoms with Crippen LogP contribution in [-0.4, -0.2) is 15.7 Å². The molecule has 3 aromatic rings. The molecule has 1 N–H and O–H groups in total. The number of nitrogens with zero attached hydrogens (tertiary/aromatic N) is 2. The molecule has 0 saturated heterocycles. The summed E-state index contributed by atoms with van der Waals surface area (Å²) in [5.41, 5.74) is 0.930. The minimum atomic E-state index is -0.311. The van der Waals surface area contributed by atoms with E-state index < -0.39 is 0 Å². The molecule has 0 spiro atoms. The van der Waals surface area contributed by atoms with Gasteiger partial charge in [0.05, 0.1) is 5.02 Å². The van der Waals surface area contributed by atoms with Crippen LogP contribution >= 0.6 is 23.2 Å². The number of aromatic nitrogens is 2. The lowest BCUT2D eigenvalue weighted by Gasteiger charge is -2.07.